The van der Waals surface area contributed by atoms with Gasteiger partial charge in [-0.3, -0.25) is 4.79 Å². The van der Waals surface area contributed by atoms with Crippen LogP contribution in [-0.4, -0.2) is 18.6 Å². The Bertz CT molecular complexity index is 607. The molecule has 2 N–H and O–H groups in total. The van der Waals surface area contributed by atoms with Gasteiger partial charge >= 0.3 is 5.97 Å². The minimum Gasteiger partial charge on any atom is -0.466 e. The van der Waals surface area contributed by atoms with Crippen LogP contribution >= 0.6 is 0 Å². The van der Waals surface area contributed by atoms with Gasteiger partial charge in [-0.15, -0.1) is 0 Å². The van der Waals surface area contributed by atoms with Crippen molar-refractivity contribution in [2.24, 2.45) is 11.7 Å². The predicted molar refractivity (Wildman–Crippen MR) is 94.0 cm³/mol. The molecule has 0 aromatic heterocycles. The molecule has 2 atom stereocenters. The molecule has 0 saturated carbocycles. The van der Waals surface area contributed by atoms with E-state index in [0.29, 0.717) is 13.0 Å². The van der Waals surface area contributed by atoms with Crippen molar-refractivity contribution in [3.63, 3.8) is 0 Å². The van der Waals surface area contributed by atoms with Gasteiger partial charge in [0, 0.05) is 6.04 Å². The van der Waals surface area contributed by atoms with E-state index in [9.17, 15) is 4.79 Å². The number of hydrogen-bond donors (Lipinski definition) is 1. The van der Waals surface area contributed by atoms with Crippen molar-refractivity contribution in [3.8, 4) is 11.1 Å². The molecule has 0 heterocycles. The Kier molecular flexibility index (Phi) is 6.36. The van der Waals surface area contributed by atoms with Gasteiger partial charge in [-0.1, -0.05) is 61.5 Å². The van der Waals surface area contributed by atoms with Gasteiger partial charge in [0.15, 0.2) is 0 Å². The third-order valence-electron chi connectivity index (χ3n) is 3.90. The monoisotopic (exact) mass is 311 g/mol. The molecule has 0 aliphatic carbocycles. The highest BCUT2D eigenvalue weighted by Gasteiger charge is 2.17. The minimum atomic E-state index is -0.164. The fourth-order valence-electron chi connectivity index (χ4n) is 2.68. The van der Waals surface area contributed by atoms with E-state index in [2.05, 4.69) is 36.4 Å². The highest BCUT2D eigenvalue weighted by Crippen LogP contribution is 2.20. The summed E-state index contributed by atoms with van der Waals surface area (Å²) in [5, 5.41) is 0. The van der Waals surface area contributed by atoms with Crippen LogP contribution in [0.2, 0.25) is 0 Å². The van der Waals surface area contributed by atoms with Gasteiger partial charge in [0.05, 0.1) is 12.5 Å². The van der Waals surface area contributed by atoms with Gasteiger partial charge in [-0.2, -0.15) is 0 Å². The standard InChI is InChI=1S/C20H25NO2/c1-3-23-20(22)15(2)13-19(21)14-16-9-11-18(12-10-16)17-7-5-4-6-8-17/h4-12,15,19H,3,13-14,21H2,1-2H3. The van der Waals surface area contributed by atoms with Crippen molar-refractivity contribution in [2.45, 2.75) is 32.7 Å². The smallest absolute Gasteiger partial charge is 0.308 e. The normalized spacial score (nSPS) is 13.3. The van der Waals surface area contributed by atoms with Crippen molar-refractivity contribution in [3.05, 3.63) is 60.2 Å². The van der Waals surface area contributed by atoms with Gasteiger partial charge in [0.25, 0.3) is 0 Å². The third kappa shape index (κ3) is 5.22. The van der Waals surface area contributed by atoms with Gasteiger partial charge in [0.1, 0.15) is 0 Å². The first kappa shape index (κ1) is 17.2. The molecule has 2 rings (SSSR count). The van der Waals surface area contributed by atoms with Gasteiger partial charge in [-0.05, 0) is 36.5 Å². The van der Waals surface area contributed by atoms with Gasteiger partial charge in [-0.25, -0.2) is 0 Å². The molecule has 0 saturated heterocycles. The van der Waals surface area contributed by atoms with E-state index in [1.54, 1.807) is 0 Å². The largest absolute Gasteiger partial charge is 0.466 e. The van der Waals surface area contributed by atoms with Crippen LogP contribution in [0.1, 0.15) is 25.8 Å². The third-order valence-corrected chi connectivity index (χ3v) is 3.90. The van der Waals surface area contributed by atoms with Crippen molar-refractivity contribution in [1.29, 1.82) is 0 Å². The van der Waals surface area contributed by atoms with E-state index in [4.69, 9.17) is 10.5 Å². The predicted octanol–water partition coefficient (Wildman–Crippen LogP) is 3.81. The van der Waals surface area contributed by atoms with E-state index >= 15 is 0 Å². The lowest BCUT2D eigenvalue weighted by molar-refractivity contribution is -0.147. The minimum absolute atomic E-state index is 0.0445. The lowest BCUT2D eigenvalue weighted by Crippen LogP contribution is -2.29. The van der Waals surface area contributed by atoms with Crippen molar-refractivity contribution < 1.29 is 9.53 Å². The summed E-state index contributed by atoms with van der Waals surface area (Å²) >= 11 is 0. The molecule has 0 amide bonds. The van der Waals surface area contributed by atoms with Crippen LogP contribution in [0.15, 0.2) is 54.6 Å². The van der Waals surface area contributed by atoms with Crippen LogP contribution < -0.4 is 5.73 Å². The molecule has 122 valence electrons. The average Bonchev–Trinajstić information content (AvgIpc) is 2.56. The first-order valence-electron chi connectivity index (χ1n) is 8.16. The molecule has 0 bridgehead atoms. The summed E-state index contributed by atoms with van der Waals surface area (Å²) in [6, 6.07) is 18.7. The Morgan fingerprint density at radius 3 is 2.26 bits per heavy atom. The molecule has 0 fully saturated rings. The number of nitrogens with two attached hydrogens (primary N) is 1. The number of carbonyl (C=O) groups excluding carboxylic acids is 1. The fraction of sp³-hybridized carbons (Fsp3) is 0.350. The van der Waals surface area contributed by atoms with Crippen molar-refractivity contribution >= 4 is 5.97 Å². The Balaban J connectivity index is 1.92. The van der Waals surface area contributed by atoms with Crippen LogP contribution in [0.25, 0.3) is 11.1 Å². The Labute approximate surface area is 138 Å². The van der Waals surface area contributed by atoms with E-state index in [1.165, 1.54) is 16.7 Å². The van der Waals surface area contributed by atoms with Crippen molar-refractivity contribution in [2.75, 3.05) is 6.61 Å². The maximum absolute atomic E-state index is 11.7. The molecule has 0 radical (unpaired) electrons. The van der Waals surface area contributed by atoms with Crippen LogP contribution in [0.3, 0.4) is 0 Å². The van der Waals surface area contributed by atoms with Crippen molar-refractivity contribution in [1.82, 2.24) is 0 Å². The number of carbonyl (C=O) groups is 1. The van der Waals surface area contributed by atoms with Crippen LogP contribution in [0, 0.1) is 5.92 Å². The fourth-order valence-corrected chi connectivity index (χ4v) is 2.68. The second-order valence-electron chi connectivity index (χ2n) is 5.92. The molecule has 0 spiro atoms. The van der Waals surface area contributed by atoms with E-state index in [1.807, 2.05) is 32.0 Å². The first-order valence-corrected chi connectivity index (χ1v) is 8.16. The highest BCUT2D eigenvalue weighted by atomic mass is 16.5. The van der Waals surface area contributed by atoms with Gasteiger partial charge in [0.2, 0.25) is 0 Å². The van der Waals surface area contributed by atoms with Gasteiger partial charge < -0.3 is 10.5 Å². The van der Waals surface area contributed by atoms with Crippen LogP contribution in [-0.2, 0) is 16.0 Å². The topological polar surface area (TPSA) is 52.3 Å². The Morgan fingerprint density at radius 1 is 1.04 bits per heavy atom. The second-order valence-corrected chi connectivity index (χ2v) is 5.92. The summed E-state index contributed by atoms with van der Waals surface area (Å²) in [5.41, 5.74) is 9.77. The summed E-state index contributed by atoms with van der Waals surface area (Å²) < 4.78 is 5.02. The molecule has 3 heteroatoms. The zero-order valence-electron chi connectivity index (χ0n) is 13.9. The molecule has 2 aromatic carbocycles. The van der Waals surface area contributed by atoms with E-state index < -0.39 is 0 Å². The molecule has 2 aromatic rings. The molecular formula is C20H25NO2. The molecule has 0 aliphatic heterocycles. The quantitative estimate of drug-likeness (QED) is 0.791. The average molecular weight is 311 g/mol. The zero-order valence-corrected chi connectivity index (χ0v) is 13.9. The summed E-state index contributed by atoms with van der Waals surface area (Å²) in [6.45, 7) is 4.11. The molecule has 23 heavy (non-hydrogen) atoms. The maximum Gasteiger partial charge on any atom is 0.308 e. The second kappa shape index (κ2) is 8.49. The molecule has 0 aliphatic rings. The van der Waals surface area contributed by atoms with E-state index in [-0.39, 0.29) is 17.9 Å². The number of benzene rings is 2. The number of rotatable bonds is 7. The van der Waals surface area contributed by atoms with Crippen LogP contribution in [0.4, 0.5) is 0 Å². The molecular weight excluding hydrogens is 286 g/mol. The maximum atomic E-state index is 11.7. The van der Waals surface area contributed by atoms with Crippen LogP contribution in [0.5, 0.6) is 0 Å². The lowest BCUT2D eigenvalue weighted by Gasteiger charge is -2.16. The molecule has 3 nitrogen and oxygen atoms in total. The number of hydrogen-bond acceptors (Lipinski definition) is 3. The zero-order chi connectivity index (χ0) is 16.7. The summed E-state index contributed by atoms with van der Waals surface area (Å²) in [4.78, 5) is 11.7. The SMILES string of the molecule is CCOC(=O)C(C)CC(N)Cc1ccc(-c2ccccc2)cc1. The number of esters is 1. The summed E-state index contributed by atoms with van der Waals surface area (Å²) in [5.74, 6) is -0.323. The Hall–Kier alpha value is -2.13. The summed E-state index contributed by atoms with van der Waals surface area (Å²) in [6.07, 6.45) is 1.40. The number of ether oxygens (including phenoxy) is 1. The van der Waals surface area contributed by atoms with E-state index in [0.717, 1.165) is 6.42 Å². The highest BCUT2D eigenvalue weighted by molar-refractivity contribution is 5.72. The molecule has 2 unspecified atom stereocenters. The lowest BCUT2D eigenvalue weighted by atomic mass is 9.95. The first-order chi connectivity index (χ1) is 11.1. The summed E-state index contributed by atoms with van der Waals surface area (Å²) in [7, 11) is 0. The Morgan fingerprint density at radius 2 is 1.65 bits per heavy atom.